The second-order valence-corrected chi connectivity index (χ2v) is 7.43. The number of nitrogens with zero attached hydrogens (tertiary/aromatic N) is 3. The molecule has 1 atom stereocenters. The maximum Gasteiger partial charge on any atom is 0.257 e. The minimum absolute atomic E-state index is 0.0723. The minimum Gasteiger partial charge on any atom is -0.338 e. The number of carbonyl (C=O) groups is 1. The summed E-state index contributed by atoms with van der Waals surface area (Å²) < 4.78 is 1.80. The predicted molar refractivity (Wildman–Crippen MR) is 86.7 cm³/mol. The Hall–Kier alpha value is -1.36. The zero-order valence-corrected chi connectivity index (χ0v) is 13.8. The molecule has 5 heteroatoms. The quantitative estimate of drug-likeness (QED) is 0.931. The Balaban J connectivity index is 1.81. The first-order chi connectivity index (χ1) is 10.5. The van der Waals surface area contributed by atoms with Crippen LogP contribution in [0.3, 0.4) is 0 Å². The maximum atomic E-state index is 13.0. The number of hydrogen-bond donors (Lipinski definition) is 1. The first kappa shape index (κ1) is 15.5. The van der Waals surface area contributed by atoms with Gasteiger partial charge in [0.1, 0.15) is 0 Å². The second-order valence-electron chi connectivity index (χ2n) is 7.43. The summed E-state index contributed by atoms with van der Waals surface area (Å²) in [4.78, 5) is 14.9. The van der Waals surface area contributed by atoms with Crippen LogP contribution in [0.5, 0.6) is 0 Å². The molecule has 5 nitrogen and oxygen atoms in total. The van der Waals surface area contributed by atoms with Gasteiger partial charge in [0.2, 0.25) is 0 Å². The highest BCUT2D eigenvalue weighted by atomic mass is 16.2. The highest BCUT2D eigenvalue weighted by Gasteiger charge is 2.37. The smallest absolute Gasteiger partial charge is 0.257 e. The third-order valence-corrected chi connectivity index (χ3v) is 5.42. The van der Waals surface area contributed by atoms with E-state index in [0.29, 0.717) is 12.5 Å². The van der Waals surface area contributed by atoms with Crippen LogP contribution in [0.2, 0.25) is 0 Å². The highest BCUT2D eigenvalue weighted by molar-refractivity contribution is 5.95. The monoisotopic (exact) mass is 304 g/mol. The molecule has 1 aromatic rings. The molecule has 2 aliphatic rings. The molecule has 1 saturated heterocycles. The summed E-state index contributed by atoms with van der Waals surface area (Å²) in [5.74, 6) is 0.600. The van der Waals surface area contributed by atoms with Crippen molar-refractivity contribution < 1.29 is 4.79 Å². The van der Waals surface area contributed by atoms with Crippen molar-refractivity contribution in [1.82, 2.24) is 14.7 Å². The first-order valence-electron chi connectivity index (χ1n) is 8.55. The number of rotatable bonds is 3. The van der Waals surface area contributed by atoms with E-state index in [9.17, 15) is 4.79 Å². The number of nitrogens with two attached hydrogens (primary N) is 1. The second kappa shape index (κ2) is 6.03. The van der Waals surface area contributed by atoms with E-state index in [0.717, 1.165) is 43.6 Å². The maximum absolute atomic E-state index is 13.0. The molecule has 1 saturated carbocycles. The number of aromatic nitrogens is 2. The normalized spacial score (nSPS) is 26.6. The third-order valence-electron chi connectivity index (χ3n) is 5.42. The average Bonchev–Trinajstić information content (AvgIpc) is 3.12. The number of hydrogen-bond acceptors (Lipinski definition) is 3. The van der Waals surface area contributed by atoms with Crippen molar-refractivity contribution in [2.45, 2.75) is 51.4 Å². The fourth-order valence-electron chi connectivity index (χ4n) is 3.88. The molecule has 1 amide bonds. The minimum atomic E-state index is 0.0723. The zero-order chi connectivity index (χ0) is 15.7. The van der Waals surface area contributed by atoms with Gasteiger partial charge in [0.15, 0.2) is 0 Å². The van der Waals surface area contributed by atoms with Gasteiger partial charge in [-0.15, -0.1) is 0 Å². The van der Waals surface area contributed by atoms with E-state index < -0.39 is 0 Å². The lowest BCUT2D eigenvalue weighted by Gasteiger charge is -2.24. The van der Waals surface area contributed by atoms with Gasteiger partial charge in [0.05, 0.1) is 11.3 Å². The van der Waals surface area contributed by atoms with Crippen LogP contribution in [-0.2, 0) is 7.05 Å². The molecule has 122 valence electrons. The van der Waals surface area contributed by atoms with Crippen LogP contribution in [0.4, 0.5) is 0 Å². The number of amides is 1. The number of aryl methyl sites for hydroxylation is 1. The summed E-state index contributed by atoms with van der Waals surface area (Å²) in [6.07, 6.45) is 9.05. The van der Waals surface area contributed by atoms with Gasteiger partial charge in [0, 0.05) is 32.3 Å². The molecular weight excluding hydrogens is 276 g/mol. The van der Waals surface area contributed by atoms with Crippen molar-refractivity contribution >= 4 is 5.91 Å². The lowest BCUT2D eigenvalue weighted by molar-refractivity contribution is 0.0775. The molecule has 3 rings (SSSR count). The molecule has 2 heterocycles. The number of carbonyl (C=O) groups excluding carboxylic acids is 1. The van der Waals surface area contributed by atoms with E-state index >= 15 is 0 Å². The van der Waals surface area contributed by atoms with E-state index in [1.165, 1.54) is 19.3 Å². The molecule has 2 N–H and O–H groups in total. The summed E-state index contributed by atoms with van der Waals surface area (Å²) in [6, 6.07) is 0. The average molecular weight is 304 g/mol. The van der Waals surface area contributed by atoms with Crippen LogP contribution < -0.4 is 5.73 Å². The van der Waals surface area contributed by atoms with Gasteiger partial charge in [-0.05, 0) is 31.2 Å². The van der Waals surface area contributed by atoms with Crippen LogP contribution in [0, 0.1) is 5.41 Å². The molecule has 0 aromatic carbocycles. The van der Waals surface area contributed by atoms with Crippen molar-refractivity contribution in [3.05, 3.63) is 17.5 Å². The van der Waals surface area contributed by atoms with Crippen LogP contribution in [0.25, 0.3) is 0 Å². The Bertz CT molecular complexity index is 547. The fourth-order valence-corrected chi connectivity index (χ4v) is 3.88. The Morgan fingerprint density at radius 2 is 2.14 bits per heavy atom. The molecule has 1 aliphatic heterocycles. The molecule has 22 heavy (non-hydrogen) atoms. The summed E-state index contributed by atoms with van der Waals surface area (Å²) in [5, 5.41) is 4.63. The van der Waals surface area contributed by atoms with Crippen LogP contribution in [-0.4, -0.2) is 40.2 Å². The first-order valence-corrected chi connectivity index (χ1v) is 8.55. The molecule has 1 aromatic heterocycles. The molecule has 2 fully saturated rings. The van der Waals surface area contributed by atoms with Gasteiger partial charge in [0.25, 0.3) is 5.91 Å². The Kier molecular flexibility index (Phi) is 4.26. The lowest BCUT2D eigenvalue weighted by Crippen LogP contribution is -2.34. The zero-order valence-electron chi connectivity index (χ0n) is 13.8. The molecule has 1 unspecified atom stereocenters. The molecular formula is C17H28N4O. The van der Waals surface area contributed by atoms with E-state index in [1.807, 2.05) is 18.1 Å². The lowest BCUT2D eigenvalue weighted by atomic mass is 9.85. The number of likely N-dealkylation sites (tertiary alicyclic amines) is 1. The van der Waals surface area contributed by atoms with Gasteiger partial charge in [-0.25, -0.2) is 0 Å². The van der Waals surface area contributed by atoms with Crippen molar-refractivity contribution in [2.24, 2.45) is 18.2 Å². The van der Waals surface area contributed by atoms with Gasteiger partial charge in [-0.1, -0.05) is 26.2 Å². The van der Waals surface area contributed by atoms with E-state index in [2.05, 4.69) is 12.0 Å². The molecule has 0 bridgehead atoms. The predicted octanol–water partition coefficient (Wildman–Crippen LogP) is 2.28. The molecule has 0 spiro atoms. The van der Waals surface area contributed by atoms with Crippen LogP contribution >= 0.6 is 0 Å². The largest absolute Gasteiger partial charge is 0.338 e. The summed E-state index contributed by atoms with van der Waals surface area (Å²) >= 11 is 0. The Morgan fingerprint density at radius 3 is 2.77 bits per heavy atom. The summed E-state index contributed by atoms with van der Waals surface area (Å²) in [5.41, 5.74) is 7.78. The molecule has 1 aliphatic carbocycles. The summed E-state index contributed by atoms with van der Waals surface area (Å²) in [6.45, 7) is 4.39. The van der Waals surface area contributed by atoms with Gasteiger partial charge >= 0.3 is 0 Å². The van der Waals surface area contributed by atoms with Gasteiger partial charge < -0.3 is 10.6 Å². The van der Waals surface area contributed by atoms with Crippen molar-refractivity contribution in [3.8, 4) is 0 Å². The SMILES string of the molecule is Cn1cc(C(=O)N2CCC(C)(CN)C2)c(C2CCCCC2)n1. The Labute approximate surface area is 132 Å². The van der Waals surface area contributed by atoms with E-state index in [-0.39, 0.29) is 11.3 Å². The topological polar surface area (TPSA) is 64.2 Å². The van der Waals surface area contributed by atoms with Gasteiger partial charge in [-0.2, -0.15) is 5.10 Å². The standard InChI is InChI=1S/C17H28N4O/c1-17(11-18)8-9-21(12-17)16(22)14-10-20(2)19-15(14)13-6-4-3-5-7-13/h10,13H,3-9,11-12,18H2,1-2H3. The summed E-state index contributed by atoms with van der Waals surface area (Å²) in [7, 11) is 1.91. The molecule has 0 radical (unpaired) electrons. The Morgan fingerprint density at radius 1 is 1.41 bits per heavy atom. The van der Waals surface area contributed by atoms with E-state index in [4.69, 9.17) is 5.73 Å². The van der Waals surface area contributed by atoms with Gasteiger partial charge in [-0.3, -0.25) is 9.48 Å². The van der Waals surface area contributed by atoms with Crippen LogP contribution in [0.15, 0.2) is 6.20 Å². The van der Waals surface area contributed by atoms with E-state index in [1.54, 1.807) is 4.68 Å². The van der Waals surface area contributed by atoms with Crippen molar-refractivity contribution in [3.63, 3.8) is 0 Å². The fraction of sp³-hybridized carbons (Fsp3) is 0.765. The van der Waals surface area contributed by atoms with Crippen molar-refractivity contribution in [1.29, 1.82) is 0 Å². The third kappa shape index (κ3) is 2.91. The highest BCUT2D eigenvalue weighted by Crippen LogP contribution is 2.35. The van der Waals surface area contributed by atoms with Crippen LogP contribution in [0.1, 0.15) is 67.4 Å². The van der Waals surface area contributed by atoms with Crippen molar-refractivity contribution in [2.75, 3.05) is 19.6 Å².